The molecule has 0 bridgehead atoms. The molecule has 3 aromatic carbocycles. The molecule has 35 heavy (non-hydrogen) atoms. The van der Waals surface area contributed by atoms with Crippen LogP contribution in [-0.4, -0.2) is 39.4 Å². The smallest absolute Gasteiger partial charge is 0.255 e. The average molecular weight is 488 g/mol. The average Bonchev–Trinajstić information content (AvgIpc) is 3.23. The van der Waals surface area contributed by atoms with Gasteiger partial charge in [-0.1, -0.05) is 42.1 Å². The van der Waals surface area contributed by atoms with E-state index in [4.69, 9.17) is 4.74 Å². The molecular weight excluding hydrogens is 462 g/mol. The minimum atomic E-state index is -0.239. The molecule has 0 fully saturated rings. The summed E-state index contributed by atoms with van der Waals surface area (Å²) in [5.74, 6) is 1.34. The lowest BCUT2D eigenvalue weighted by Gasteiger charge is -2.08. The summed E-state index contributed by atoms with van der Waals surface area (Å²) in [7, 11) is 3.49. The van der Waals surface area contributed by atoms with E-state index in [2.05, 4.69) is 20.8 Å². The Labute approximate surface area is 207 Å². The summed E-state index contributed by atoms with van der Waals surface area (Å²) >= 11 is 1.32. The fourth-order valence-electron chi connectivity index (χ4n) is 3.31. The number of nitrogens with zero attached hydrogens (tertiary/aromatic N) is 3. The summed E-state index contributed by atoms with van der Waals surface area (Å²) in [5.41, 5.74) is 2.91. The monoisotopic (exact) mass is 487 g/mol. The molecule has 0 saturated carbocycles. The van der Waals surface area contributed by atoms with Gasteiger partial charge in [-0.05, 0) is 54.1 Å². The number of carbonyl (C=O) groups excluding carboxylic acids is 2. The van der Waals surface area contributed by atoms with Gasteiger partial charge in [-0.15, -0.1) is 10.2 Å². The molecule has 0 radical (unpaired) electrons. The first-order valence-electron chi connectivity index (χ1n) is 10.9. The molecule has 0 spiro atoms. The Bertz CT molecular complexity index is 1290. The summed E-state index contributed by atoms with van der Waals surface area (Å²) in [5, 5.41) is 14.8. The summed E-state index contributed by atoms with van der Waals surface area (Å²) in [6.45, 7) is 0. The van der Waals surface area contributed by atoms with Crippen LogP contribution in [-0.2, 0) is 18.3 Å². The largest absolute Gasteiger partial charge is 0.497 e. The molecule has 0 unspecified atom stereocenters. The van der Waals surface area contributed by atoms with Crippen LogP contribution in [0.3, 0.4) is 0 Å². The van der Waals surface area contributed by atoms with Gasteiger partial charge < -0.3 is 19.9 Å². The zero-order valence-corrected chi connectivity index (χ0v) is 20.2. The Morgan fingerprint density at radius 2 is 1.54 bits per heavy atom. The van der Waals surface area contributed by atoms with Gasteiger partial charge in [-0.3, -0.25) is 9.59 Å². The molecule has 1 aromatic heterocycles. The van der Waals surface area contributed by atoms with Crippen LogP contribution in [0.5, 0.6) is 5.75 Å². The second-order valence-corrected chi connectivity index (χ2v) is 8.66. The van der Waals surface area contributed by atoms with Crippen molar-refractivity contribution in [3.05, 3.63) is 95.8 Å². The summed E-state index contributed by atoms with van der Waals surface area (Å²) in [6, 6.07) is 23.9. The van der Waals surface area contributed by atoms with E-state index < -0.39 is 0 Å². The van der Waals surface area contributed by atoms with E-state index in [0.717, 1.165) is 11.4 Å². The number of methoxy groups -OCH3 is 1. The minimum Gasteiger partial charge on any atom is -0.497 e. The van der Waals surface area contributed by atoms with Crippen LogP contribution in [0.15, 0.2) is 84.0 Å². The van der Waals surface area contributed by atoms with Crippen LogP contribution in [0.1, 0.15) is 21.7 Å². The first kappa shape index (κ1) is 24.0. The van der Waals surface area contributed by atoms with Gasteiger partial charge >= 0.3 is 0 Å². The van der Waals surface area contributed by atoms with Crippen molar-refractivity contribution in [2.75, 3.05) is 23.5 Å². The Morgan fingerprint density at radius 1 is 0.886 bits per heavy atom. The highest BCUT2D eigenvalue weighted by Crippen LogP contribution is 2.19. The number of ether oxygens (including phenoxy) is 1. The van der Waals surface area contributed by atoms with Crippen LogP contribution in [0.4, 0.5) is 11.4 Å². The standard InChI is InChI=1S/C26H25N5O3S/c1-31-23(16-18-6-4-3-5-7-18)29-30-26(31)35-17-24(32)27-20-10-8-19(9-11-20)25(33)28-21-12-14-22(34-2)15-13-21/h3-15H,16-17H2,1-2H3,(H,27,32)(H,28,33). The van der Waals surface area contributed by atoms with Crippen LogP contribution in [0, 0.1) is 0 Å². The molecule has 2 amide bonds. The summed E-state index contributed by atoms with van der Waals surface area (Å²) in [4.78, 5) is 24.9. The maximum absolute atomic E-state index is 12.5. The predicted octanol–water partition coefficient (Wildman–Crippen LogP) is 4.40. The number of benzene rings is 3. The quantitative estimate of drug-likeness (QED) is 0.340. The van der Waals surface area contributed by atoms with Gasteiger partial charge in [-0.2, -0.15) is 0 Å². The fraction of sp³-hybridized carbons (Fsp3) is 0.154. The number of hydrogen-bond acceptors (Lipinski definition) is 6. The van der Waals surface area contributed by atoms with Crippen molar-refractivity contribution in [3.63, 3.8) is 0 Å². The molecule has 0 aliphatic rings. The number of hydrogen-bond donors (Lipinski definition) is 2. The Hall–Kier alpha value is -4.11. The van der Waals surface area contributed by atoms with Crippen LogP contribution in [0.2, 0.25) is 0 Å². The first-order valence-corrected chi connectivity index (χ1v) is 11.9. The molecule has 4 rings (SSSR count). The third kappa shape index (κ3) is 6.48. The number of carbonyl (C=O) groups is 2. The Kier molecular flexibility index (Phi) is 7.79. The number of anilines is 2. The van der Waals surface area contributed by atoms with E-state index in [1.54, 1.807) is 55.6 Å². The third-order valence-corrected chi connectivity index (χ3v) is 6.26. The lowest BCUT2D eigenvalue weighted by atomic mass is 10.1. The molecule has 9 heteroatoms. The highest BCUT2D eigenvalue weighted by atomic mass is 32.2. The molecule has 178 valence electrons. The van der Waals surface area contributed by atoms with Gasteiger partial charge in [0, 0.05) is 30.4 Å². The van der Waals surface area contributed by atoms with Gasteiger partial charge in [0.2, 0.25) is 5.91 Å². The Balaban J connectivity index is 1.27. The van der Waals surface area contributed by atoms with E-state index in [1.807, 2.05) is 41.9 Å². The molecule has 8 nitrogen and oxygen atoms in total. The zero-order chi connectivity index (χ0) is 24.6. The molecule has 0 atom stereocenters. The molecule has 0 aliphatic heterocycles. The highest BCUT2D eigenvalue weighted by Gasteiger charge is 2.13. The summed E-state index contributed by atoms with van der Waals surface area (Å²) in [6.07, 6.45) is 0.676. The number of amides is 2. The van der Waals surface area contributed by atoms with Gasteiger partial charge in [0.15, 0.2) is 5.16 Å². The lowest BCUT2D eigenvalue weighted by Crippen LogP contribution is -2.15. The van der Waals surface area contributed by atoms with Gasteiger partial charge in [0.1, 0.15) is 11.6 Å². The second-order valence-electron chi connectivity index (χ2n) is 7.72. The van der Waals surface area contributed by atoms with Crippen molar-refractivity contribution < 1.29 is 14.3 Å². The van der Waals surface area contributed by atoms with E-state index in [1.165, 1.54) is 11.8 Å². The summed E-state index contributed by atoms with van der Waals surface area (Å²) < 4.78 is 7.02. The highest BCUT2D eigenvalue weighted by molar-refractivity contribution is 7.99. The van der Waals surface area contributed by atoms with E-state index in [0.29, 0.717) is 34.3 Å². The molecule has 2 N–H and O–H groups in total. The fourth-order valence-corrected chi connectivity index (χ4v) is 4.04. The van der Waals surface area contributed by atoms with Crippen molar-refractivity contribution in [1.29, 1.82) is 0 Å². The number of thioether (sulfide) groups is 1. The molecule has 0 aliphatic carbocycles. The molecule has 4 aromatic rings. The SMILES string of the molecule is COc1ccc(NC(=O)c2ccc(NC(=O)CSc3nnc(Cc4ccccc4)n3C)cc2)cc1. The number of aromatic nitrogens is 3. The Morgan fingerprint density at radius 3 is 2.23 bits per heavy atom. The van der Waals surface area contributed by atoms with Gasteiger partial charge in [0.25, 0.3) is 5.91 Å². The van der Waals surface area contributed by atoms with Crippen molar-refractivity contribution >= 4 is 35.0 Å². The van der Waals surface area contributed by atoms with Gasteiger partial charge in [-0.25, -0.2) is 0 Å². The molecule has 0 saturated heterocycles. The number of nitrogens with one attached hydrogen (secondary N) is 2. The van der Waals surface area contributed by atoms with Crippen LogP contribution >= 0.6 is 11.8 Å². The van der Waals surface area contributed by atoms with Crippen LogP contribution in [0.25, 0.3) is 0 Å². The maximum Gasteiger partial charge on any atom is 0.255 e. The van der Waals surface area contributed by atoms with Crippen molar-refractivity contribution in [2.24, 2.45) is 7.05 Å². The molecule has 1 heterocycles. The second kappa shape index (κ2) is 11.3. The lowest BCUT2D eigenvalue weighted by molar-refractivity contribution is -0.113. The number of rotatable bonds is 9. The topological polar surface area (TPSA) is 98.1 Å². The maximum atomic E-state index is 12.5. The predicted molar refractivity (Wildman–Crippen MR) is 137 cm³/mol. The van der Waals surface area contributed by atoms with Crippen molar-refractivity contribution in [2.45, 2.75) is 11.6 Å². The first-order chi connectivity index (χ1) is 17.0. The van der Waals surface area contributed by atoms with Crippen molar-refractivity contribution in [3.8, 4) is 5.75 Å². The van der Waals surface area contributed by atoms with E-state index in [-0.39, 0.29) is 17.6 Å². The van der Waals surface area contributed by atoms with E-state index in [9.17, 15) is 9.59 Å². The van der Waals surface area contributed by atoms with E-state index >= 15 is 0 Å². The third-order valence-electron chi connectivity index (χ3n) is 5.24. The molecular formula is C26H25N5O3S. The zero-order valence-electron chi connectivity index (χ0n) is 19.4. The minimum absolute atomic E-state index is 0.168. The van der Waals surface area contributed by atoms with Crippen molar-refractivity contribution in [1.82, 2.24) is 14.8 Å². The van der Waals surface area contributed by atoms with Crippen LogP contribution < -0.4 is 15.4 Å². The van der Waals surface area contributed by atoms with Gasteiger partial charge in [0.05, 0.1) is 12.9 Å². The normalized spacial score (nSPS) is 10.6.